The van der Waals surface area contributed by atoms with Gasteiger partial charge < -0.3 is 9.80 Å². The van der Waals surface area contributed by atoms with Crippen LogP contribution in [0.25, 0.3) is 5.78 Å². The van der Waals surface area contributed by atoms with Crippen LogP contribution in [0.15, 0.2) is 18.5 Å². The van der Waals surface area contributed by atoms with Crippen LogP contribution >= 0.6 is 0 Å². The minimum absolute atomic E-state index is 0.0414. The summed E-state index contributed by atoms with van der Waals surface area (Å²) < 4.78 is 1.79. The number of aryl methyl sites for hydroxylation is 1. The molecule has 0 saturated carbocycles. The van der Waals surface area contributed by atoms with E-state index >= 15 is 0 Å². The molecule has 22 heavy (non-hydrogen) atoms. The molecule has 0 aliphatic carbocycles. The zero-order valence-electron chi connectivity index (χ0n) is 13.3. The van der Waals surface area contributed by atoms with Gasteiger partial charge in [-0.3, -0.25) is 9.20 Å². The van der Waals surface area contributed by atoms with E-state index in [2.05, 4.69) is 14.9 Å². The fourth-order valence-corrected chi connectivity index (χ4v) is 3.08. The number of rotatable bonds is 5. The Hall–Kier alpha value is -1.95. The Morgan fingerprint density at radius 3 is 2.86 bits per heavy atom. The summed E-state index contributed by atoms with van der Waals surface area (Å²) >= 11 is 0. The van der Waals surface area contributed by atoms with Crippen LogP contribution < -0.4 is 0 Å². The second-order valence-corrected chi connectivity index (χ2v) is 5.77. The molecule has 2 aromatic rings. The fraction of sp³-hybridized carbons (Fsp3) is 0.562. The van der Waals surface area contributed by atoms with Crippen molar-refractivity contribution in [3.63, 3.8) is 0 Å². The number of carbonyl (C=O) groups excluding carboxylic acids is 1. The Morgan fingerprint density at radius 1 is 1.36 bits per heavy atom. The predicted octanol–water partition coefficient (Wildman–Crippen LogP) is 1.60. The van der Waals surface area contributed by atoms with Crippen molar-refractivity contribution in [3.05, 3.63) is 29.8 Å². The molecule has 1 fully saturated rings. The SMILES string of the molecule is CCN(CCN1CCCC1)C(=O)c1c(C)nc2ncccn12. The van der Waals surface area contributed by atoms with Gasteiger partial charge in [-0.1, -0.05) is 0 Å². The molecule has 0 N–H and O–H groups in total. The molecule has 0 radical (unpaired) electrons. The van der Waals surface area contributed by atoms with E-state index in [1.54, 1.807) is 10.6 Å². The number of fused-ring (bicyclic) bond motifs is 1. The van der Waals surface area contributed by atoms with Crippen molar-refractivity contribution in [3.8, 4) is 0 Å². The molecule has 0 spiro atoms. The van der Waals surface area contributed by atoms with E-state index < -0.39 is 0 Å². The number of likely N-dealkylation sites (tertiary alicyclic amines) is 1. The summed E-state index contributed by atoms with van der Waals surface area (Å²) in [6.07, 6.45) is 6.10. The second kappa shape index (κ2) is 6.44. The molecule has 6 nitrogen and oxygen atoms in total. The quantitative estimate of drug-likeness (QED) is 0.841. The summed E-state index contributed by atoms with van der Waals surface area (Å²) in [7, 11) is 0. The predicted molar refractivity (Wildman–Crippen MR) is 85.0 cm³/mol. The number of carbonyl (C=O) groups is 1. The smallest absolute Gasteiger partial charge is 0.272 e. The monoisotopic (exact) mass is 301 g/mol. The van der Waals surface area contributed by atoms with Crippen molar-refractivity contribution in [1.82, 2.24) is 24.2 Å². The van der Waals surface area contributed by atoms with Crippen molar-refractivity contribution in [2.45, 2.75) is 26.7 Å². The molecule has 1 amide bonds. The summed E-state index contributed by atoms with van der Waals surface area (Å²) in [6.45, 7) is 8.64. The highest BCUT2D eigenvalue weighted by molar-refractivity contribution is 5.94. The van der Waals surface area contributed by atoms with Gasteiger partial charge >= 0.3 is 0 Å². The van der Waals surface area contributed by atoms with E-state index in [0.29, 0.717) is 18.0 Å². The molecule has 0 aromatic carbocycles. The number of imidazole rings is 1. The van der Waals surface area contributed by atoms with Gasteiger partial charge in [-0.15, -0.1) is 0 Å². The normalized spacial score (nSPS) is 15.5. The molecule has 0 bridgehead atoms. The third-order valence-corrected chi connectivity index (χ3v) is 4.33. The van der Waals surface area contributed by atoms with Gasteiger partial charge in [0.1, 0.15) is 5.69 Å². The van der Waals surface area contributed by atoms with Crippen molar-refractivity contribution >= 4 is 11.7 Å². The topological polar surface area (TPSA) is 53.7 Å². The highest BCUT2D eigenvalue weighted by Gasteiger charge is 2.22. The third-order valence-electron chi connectivity index (χ3n) is 4.33. The maximum Gasteiger partial charge on any atom is 0.272 e. The summed E-state index contributed by atoms with van der Waals surface area (Å²) in [6, 6.07) is 1.82. The van der Waals surface area contributed by atoms with Gasteiger partial charge in [0.2, 0.25) is 5.78 Å². The highest BCUT2D eigenvalue weighted by atomic mass is 16.2. The van der Waals surface area contributed by atoms with Crippen molar-refractivity contribution in [2.75, 3.05) is 32.7 Å². The first-order valence-corrected chi connectivity index (χ1v) is 8.02. The molecular formula is C16H23N5O. The molecule has 3 heterocycles. The van der Waals surface area contributed by atoms with Crippen LogP contribution in [-0.4, -0.2) is 62.8 Å². The van der Waals surface area contributed by atoms with Crippen LogP contribution in [0.5, 0.6) is 0 Å². The molecule has 0 unspecified atom stereocenters. The van der Waals surface area contributed by atoms with Gasteiger partial charge in [-0.2, -0.15) is 0 Å². The van der Waals surface area contributed by atoms with E-state index in [-0.39, 0.29) is 5.91 Å². The van der Waals surface area contributed by atoms with Crippen LogP contribution in [0.4, 0.5) is 0 Å². The first-order chi connectivity index (χ1) is 10.7. The molecule has 0 atom stereocenters. The summed E-state index contributed by atoms with van der Waals surface area (Å²) in [5.74, 6) is 0.624. The van der Waals surface area contributed by atoms with E-state index in [1.165, 1.54) is 12.8 Å². The number of aromatic nitrogens is 3. The Bertz CT molecular complexity index is 660. The van der Waals surface area contributed by atoms with E-state index in [1.807, 2.05) is 31.0 Å². The van der Waals surface area contributed by atoms with Crippen LogP contribution in [-0.2, 0) is 0 Å². The molecule has 3 rings (SSSR count). The van der Waals surface area contributed by atoms with Gasteiger partial charge in [0.05, 0.1) is 5.69 Å². The Morgan fingerprint density at radius 2 is 2.14 bits per heavy atom. The molecule has 1 aliphatic heterocycles. The van der Waals surface area contributed by atoms with E-state index in [0.717, 1.165) is 31.9 Å². The van der Waals surface area contributed by atoms with Crippen molar-refractivity contribution < 1.29 is 4.79 Å². The van der Waals surface area contributed by atoms with Crippen LogP contribution in [0.3, 0.4) is 0 Å². The van der Waals surface area contributed by atoms with Crippen molar-refractivity contribution in [1.29, 1.82) is 0 Å². The second-order valence-electron chi connectivity index (χ2n) is 5.77. The Kier molecular flexibility index (Phi) is 4.38. The number of amides is 1. The fourth-order valence-electron chi connectivity index (χ4n) is 3.08. The average Bonchev–Trinajstić information content (AvgIpc) is 3.14. The average molecular weight is 301 g/mol. The van der Waals surface area contributed by atoms with Gasteiger partial charge in [0.15, 0.2) is 0 Å². The lowest BCUT2D eigenvalue weighted by Crippen LogP contribution is -2.38. The molecule has 1 aliphatic rings. The standard InChI is InChI=1S/C16H23N5O/c1-3-20(12-11-19-8-4-5-9-19)15(22)14-13(2)18-16-17-7-6-10-21(14)16/h6-7,10H,3-5,8-9,11-12H2,1-2H3. The maximum atomic E-state index is 12.9. The number of hydrogen-bond donors (Lipinski definition) is 0. The molecular weight excluding hydrogens is 278 g/mol. The largest absolute Gasteiger partial charge is 0.336 e. The molecule has 1 saturated heterocycles. The molecule has 6 heteroatoms. The Balaban J connectivity index is 1.78. The highest BCUT2D eigenvalue weighted by Crippen LogP contribution is 2.13. The van der Waals surface area contributed by atoms with Crippen LogP contribution in [0.1, 0.15) is 35.9 Å². The van der Waals surface area contributed by atoms with Gasteiger partial charge in [-0.25, -0.2) is 9.97 Å². The minimum atomic E-state index is 0.0414. The first kappa shape index (κ1) is 15.0. The Labute approximate surface area is 130 Å². The summed E-state index contributed by atoms with van der Waals surface area (Å²) in [5, 5.41) is 0. The van der Waals surface area contributed by atoms with Crippen LogP contribution in [0.2, 0.25) is 0 Å². The maximum absolute atomic E-state index is 12.9. The molecule has 2 aromatic heterocycles. The lowest BCUT2D eigenvalue weighted by Gasteiger charge is -2.24. The van der Waals surface area contributed by atoms with Crippen LogP contribution in [0, 0.1) is 6.92 Å². The third kappa shape index (κ3) is 2.83. The van der Waals surface area contributed by atoms with E-state index in [9.17, 15) is 4.79 Å². The van der Waals surface area contributed by atoms with Gasteiger partial charge in [-0.05, 0) is 45.8 Å². The zero-order valence-corrected chi connectivity index (χ0v) is 13.3. The van der Waals surface area contributed by atoms with Gasteiger partial charge in [0.25, 0.3) is 5.91 Å². The van der Waals surface area contributed by atoms with Gasteiger partial charge in [0, 0.05) is 32.0 Å². The summed E-state index contributed by atoms with van der Waals surface area (Å²) in [5.41, 5.74) is 1.37. The minimum Gasteiger partial charge on any atom is -0.336 e. The van der Waals surface area contributed by atoms with Crippen molar-refractivity contribution in [2.24, 2.45) is 0 Å². The number of hydrogen-bond acceptors (Lipinski definition) is 4. The number of likely N-dealkylation sites (N-methyl/N-ethyl adjacent to an activating group) is 1. The lowest BCUT2D eigenvalue weighted by atomic mass is 10.3. The van der Waals surface area contributed by atoms with E-state index in [4.69, 9.17) is 0 Å². The lowest BCUT2D eigenvalue weighted by molar-refractivity contribution is 0.0742. The molecule has 118 valence electrons. The first-order valence-electron chi connectivity index (χ1n) is 8.02. The zero-order chi connectivity index (χ0) is 15.5. The summed E-state index contributed by atoms with van der Waals surface area (Å²) in [4.78, 5) is 25.8. The number of nitrogens with zero attached hydrogens (tertiary/aromatic N) is 5.